The number of nitrogens with zero attached hydrogens (tertiary/aromatic N) is 1. The summed E-state index contributed by atoms with van der Waals surface area (Å²) in [4.78, 5) is 5.94. The molecule has 1 unspecified atom stereocenters. The molecule has 0 saturated carbocycles. The monoisotopic (exact) mass is 393 g/mol. The van der Waals surface area contributed by atoms with Crippen molar-refractivity contribution in [2.75, 3.05) is 26.2 Å². The minimum Gasteiger partial charge on any atom is -0.491 e. The number of hydrogen-bond donors (Lipinski definition) is 3. The van der Waals surface area contributed by atoms with Gasteiger partial charge < -0.3 is 20.5 Å². The largest absolute Gasteiger partial charge is 0.491 e. The molecular formula is C20H28FN3O2S. The molecule has 0 radical (unpaired) electrons. The van der Waals surface area contributed by atoms with E-state index in [4.69, 9.17) is 4.74 Å². The van der Waals surface area contributed by atoms with Crippen LogP contribution in [0.25, 0.3) is 0 Å². The zero-order valence-electron chi connectivity index (χ0n) is 16.0. The summed E-state index contributed by atoms with van der Waals surface area (Å²) in [6.07, 6.45) is -0.718. The molecule has 1 aromatic carbocycles. The highest BCUT2D eigenvalue weighted by Gasteiger charge is 2.21. The van der Waals surface area contributed by atoms with Gasteiger partial charge in [-0.3, -0.25) is 4.99 Å². The Morgan fingerprint density at radius 1 is 1.26 bits per heavy atom. The molecule has 7 heteroatoms. The molecule has 3 N–H and O–H groups in total. The molecule has 1 aromatic heterocycles. The Morgan fingerprint density at radius 2 is 2.00 bits per heavy atom. The van der Waals surface area contributed by atoms with Gasteiger partial charge >= 0.3 is 0 Å². The van der Waals surface area contributed by atoms with Crippen molar-refractivity contribution >= 4 is 17.3 Å². The first-order valence-corrected chi connectivity index (χ1v) is 9.91. The maximum Gasteiger partial charge on any atom is 0.191 e. The van der Waals surface area contributed by atoms with Crippen molar-refractivity contribution in [1.82, 2.24) is 10.6 Å². The van der Waals surface area contributed by atoms with Crippen molar-refractivity contribution < 1.29 is 14.2 Å². The third kappa shape index (κ3) is 7.19. The summed E-state index contributed by atoms with van der Waals surface area (Å²) in [5, 5.41) is 18.5. The molecule has 0 aliphatic heterocycles. The third-order valence-electron chi connectivity index (χ3n) is 3.93. The smallest absolute Gasteiger partial charge is 0.191 e. The molecule has 0 saturated heterocycles. The number of halogens is 1. The number of aliphatic hydroxyl groups excluding tert-OH is 1. The van der Waals surface area contributed by atoms with Crippen molar-refractivity contribution in [2.45, 2.75) is 32.3 Å². The standard InChI is InChI=1S/C20H28FN3O2S/c1-4-22-19(24-14-20(2,3)18-6-5-11-27-18)23-12-16(25)13-26-17-9-7-15(21)8-10-17/h5-11,16,25H,4,12-14H2,1-3H3,(H2,22,23,24). The van der Waals surface area contributed by atoms with Crippen molar-refractivity contribution in [3.05, 3.63) is 52.5 Å². The lowest BCUT2D eigenvalue weighted by Crippen LogP contribution is -2.43. The highest BCUT2D eigenvalue weighted by Crippen LogP contribution is 2.27. The Hall–Kier alpha value is -2.12. The lowest BCUT2D eigenvalue weighted by molar-refractivity contribution is 0.110. The van der Waals surface area contributed by atoms with E-state index in [0.29, 0.717) is 24.8 Å². The number of thiophene rings is 1. The van der Waals surface area contributed by atoms with Crippen molar-refractivity contribution in [3.8, 4) is 5.75 Å². The van der Waals surface area contributed by atoms with Crippen LogP contribution in [-0.2, 0) is 5.41 Å². The number of nitrogens with one attached hydrogen (secondary N) is 2. The Bertz CT molecular complexity index is 703. The fraction of sp³-hybridized carbons (Fsp3) is 0.450. The van der Waals surface area contributed by atoms with Gasteiger partial charge in [0.25, 0.3) is 0 Å². The minimum absolute atomic E-state index is 0.0547. The van der Waals surface area contributed by atoms with Crippen LogP contribution < -0.4 is 15.4 Å². The fourth-order valence-electron chi connectivity index (χ4n) is 2.36. The van der Waals surface area contributed by atoms with Crippen molar-refractivity contribution in [2.24, 2.45) is 4.99 Å². The van der Waals surface area contributed by atoms with E-state index < -0.39 is 6.10 Å². The van der Waals surface area contributed by atoms with Gasteiger partial charge in [-0.15, -0.1) is 11.3 Å². The second kappa shape index (κ2) is 10.3. The number of guanidine groups is 1. The molecule has 0 aliphatic rings. The number of rotatable bonds is 9. The van der Waals surface area contributed by atoms with Crippen molar-refractivity contribution in [1.29, 1.82) is 0 Å². The molecule has 0 bridgehead atoms. The van der Waals surface area contributed by atoms with Crippen LogP contribution in [0.3, 0.4) is 0 Å². The molecule has 148 valence electrons. The maximum absolute atomic E-state index is 12.9. The first-order chi connectivity index (χ1) is 12.9. The first kappa shape index (κ1) is 21.2. The third-order valence-corrected chi connectivity index (χ3v) is 5.16. The van der Waals surface area contributed by atoms with Gasteiger partial charge in [-0.05, 0) is 42.6 Å². The maximum atomic E-state index is 12.9. The molecule has 2 aromatic rings. The molecule has 27 heavy (non-hydrogen) atoms. The summed E-state index contributed by atoms with van der Waals surface area (Å²) in [5.41, 5.74) is -0.0547. The van der Waals surface area contributed by atoms with Crippen LogP contribution in [-0.4, -0.2) is 43.4 Å². The van der Waals surface area contributed by atoms with Gasteiger partial charge in [-0.1, -0.05) is 19.9 Å². The van der Waals surface area contributed by atoms with E-state index in [1.165, 1.54) is 29.1 Å². The van der Waals surface area contributed by atoms with Crippen LogP contribution in [0.15, 0.2) is 46.8 Å². The van der Waals surface area contributed by atoms with E-state index in [2.05, 4.69) is 40.9 Å². The topological polar surface area (TPSA) is 65.9 Å². The fourth-order valence-corrected chi connectivity index (χ4v) is 3.20. The molecule has 2 rings (SSSR count). The highest BCUT2D eigenvalue weighted by atomic mass is 32.1. The number of aliphatic imine (C=N–C) groups is 1. The number of benzene rings is 1. The van der Waals surface area contributed by atoms with Gasteiger partial charge in [0.05, 0.1) is 6.54 Å². The average Bonchev–Trinajstić information content (AvgIpc) is 3.19. The zero-order valence-corrected chi connectivity index (χ0v) is 16.9. The summed E-state index contributed by atoms with van der Waals surface area (Å²) in [7, 11) is 0. The second-order valence-electron chi connectivity index (χ2n) is 6.86. The zero-order chi connectivity index (χ0) is 19.7. The van der Waals surface area contributed by atoms with Crippen LogP contribution in [0.5, 0.6) is 5.75 Å². The van der Waals surface area contributed by atoms with E-state index in [1.54, 1.807) is 11.3 Å². The Labute approximate surface area is 164 Å². The SMILES string of the molecule is CCNC(=NCC(C)(C)c1cccs1)NCC(O)COc1ccc(F)cc1. The van der Waals surface area contributed by atoms with Gasteiger partial charge in [0.15, 0.2) is 5.96 Å². The van der Waals surface area contributed by atoms with E-state index in [1.807, 2.05) is 13.0 Å². The molecular weight excluding hydrogens is 365 g/mol. The van der Waals surface area contributed by atoms with Crippen LogP contribution in [0, 0.1) is 5.82 Å². The predicted octanol–water partition coefficient (Wildman–Crippen LogP) is 3.16. The molecule has 0 fully saturated rings. The molecule has 0 aliphatic carbocycles. The van der Waals surface area contributed by atoms with Gasteiger partial charge in [-0.25, -0.2) is 4.39 Å². The lowest BCUT2D eigenvalue weighted by atomic mass is 9.92. The Balaban J connectivity index is 1.82. The predicted molar refractivity (Wildman–Crippen MR) is 109 cm³/mol. The summed E-state index contributed by atoms with van der Waals surface area (Å²) in [6, 6.07) is 9.89. The quantitative estimate of drug-likeness (QED) is 0.452. The van der Waals surface area contributed by atoms with Gasteiger partial charge in [0.1, 0.15) is 24.3 Å². The van der Waals surface area contributed by atoms with E-state index in [9.17, 15) is 9.50 Å². The average molecular weight is 394 g/mol. The molecule has 0 amide bonds. The van der Waals surface area contributed by atoms with Gasteiger partial charge in [0, 0.05) is 23.4 Å². The van der Waals surface area contributed by atoms with Gasteiger partial charge in [-0.2, -0.15) is 0 Å². The number of hydrogen-bond acceptors (Lipinski definition) is 4. The molecule has 1 heterocycles. The molecule has 1 atom stereocenters. The first-order valence-electron chi connectivity index (χ1n) is 9.03. The normalized spacial score (nSPS) is 13.3. The van der Waals surface area contributed by atoms with E-state index in [0.717, 1.165) is 6.54 Å². The lowest BCUT2D eigenvalue weighted by Gasteiger charge is -2.22. The highest BCUT2D eigenvalue weighted by molar-refractivity contribution is 7.10. The summed E-state index contributed by atoms with van der Waals surface area (Å²) in [5.74, 6) is 0.859. The number of aliphatic hydroxyl groups is 1. The minimum atomic E-state index is -0.718. The summed E-state index contributed by atoms with van der Waals surface area (Å²) in [6.45, 7) is 8.09. The Kier molecular flexibility index (Phi) is 8.06. The Morgan fingerprint density at radius 3 is 2.63 bits per heavy atom. The molecule has 5 nitrogen and oxygen atoms in total. The van der Waals surface area contributed by atoms with Crippen molar-refractivity contribution in [3.63, 3.8) is 0 Å². The van der Waals surface area contributed by atoms with Crippen LogP contribution in [0.4, 0.5) is 4.39 Å². The molecule has 0 spiro atoms. The second-order valence-corrected chi connectivity index (χ2v) is 7.80. The van der Waals surface area contributed by atoms with Crippen LogP contribution >= 0.6 is 11.3 Å². The van der Waals surface area contributed by atoms with Gasteiger partial charge in [0.2, 0.25) is 0 Å². The van der Waals surface area contributed by atoms with E-state index >= 15 is 0 Å². The summed E-state index contributed by atoms with van der Waals surface area (Å²) >= 11 is 1.73. The van der Waals surface area contributed by atoms with Crippen LogP contribution in [0.1, 0.15) is 25.6 Å². The summed E-state index contributed by atoms with van der Waals surface area (Å²) < 4.78 is 18.3. The number of ether oxygens (including phenoxy) is 1. The van der Waals surface area contributed by atoms with Crippen LogP contribution in [0.2, 0.25) is 0 Å². The van der Waals surface area contributed by atoms with E-state index in [-0.39, 0.29) is 17.8 Å².